The fourth-order valence-electron chi connectivity index (χ4n) is 1.83. The molecule has 8 nitrogen and oxygen atoms in total. The molecule has 1 aromatic rings. The molecule has 0 amide bonds. The van der Waals surface area contributed by atoms with Crippen LogP contribution in [0.4, 0.5) is 0 Å². The van der Waals surface area contributed by atoms with Crippen LogP contribution >= 0.6 is 0 Å². The van der Waals surface area contributed by atoms with Crippen LogP contribution in [-0.4, -0.2) is 49.3 Å². The highest BCUT2D eigenvalue weighted by Gasteiger charge is 2.51. The van der Waals surface area contributed by atoms with Crippen LogP contribution in [0.1, 0.15) is 14.5 Å². The third-order valence-electron chi connectivity index (χ3n) is 2.90. The summed E-state index contributed by atoms with van der Waals surface area (Å²) in [6, 6.07) is 1.06. The van der Waals surface area contributed by atoms with Crippen molar-refractivity contribution in [3.05, 3.63) is 33.1 Å². The molecule has 4 atom stereocenters. The molecular formula is C10H14N2O6. The molecule has 1 aromatic heterocycles. The van der Waals surface area contributed by atoms with Crippen molar-refractivity contribution in [2.24, 2.45) is 0 Å². The number of hydrogen-bond donors (Lipinski definition) is 4. The maximum atomic E-state index is 11.6. The van der Waals surface area contributed by atoms with E-state index in [1.807, 2.05) is 4.98 Å². The van der Waals surface area contributed by atoms with Gasteiger partial charge in [-0.15, -0.1) is 0 Å². The van der Waals surface area contributed by atoms with Gasteiger partial charge in [-0.25, -0.2) is 4.79 Å². The molecule has 0 aliphatic carbocycles. The second kappa shape index (κ2) is 4.32. The number of ether oxygens (including phenoxy) is 1. The highest BCUT2D eigenvalue weighted by molar-refractivity contribution is 4.99. The van der Waals surface area contributed by atoms with Crippen molar-refractivity contribution in [2.45, 2.75) is 30.9 Å². The van der Waals surface area contributed by atoms with Crippen molar-refractivity contribution in [1.29, 1.82) is 0 Å². The number of rotatable bonds is 2. The average Bonchev–Trinajstić information content (AvgIpc) is 2.64. The maximum absolute atomic E-state index is 11.6. The summed E-state index contributed by atoms with van der Waals surface area (Å²) in [7, 11) is 0. The molecule has 1 aliphatic heterocycles. The van der Waals surface area contributed by atoms with Gasteiger partial charge < -0.3 is 20.1 Å². The van der Waals surface area contributed by atoms with Crippen LogP contribution in [-0.2, 0) is 4.74 Å². The summed E-state index contributed by atoms with van der Waals surface area (Å²) in [4.78, 5) is 24.5. The molecule has 0 bridgehead atoms. The zero-order chi connectivity index (χ0) is 14.2. The number of nitrogens with zero attached hydrogens (tertiary/aromatic N) is 1. The van der Waals surface area contributed by atoms with Crippen LogP contribution in [0.2, 0.25) is 0 Å². The number of aliphatic hydroxyl groups excluding tert-OH is 3. The largest absolute Gasteiger partial charge is 0.393 e. The molecule has 0 spiro atoms. The van der Waals surface area contributed by atoms with E-state index >= 15 is 0 Å². The Labute approximate surface area is 102 Å². The Morgan fingerprint density at radius 3 is 2.83 bits per heavy atom. The fraction of sp³-hybridized carbons (Fsp3) is 0.600. The first-order chi connectivity index (χ1) is 8.95. The number of aromatic nitrogens is 2. The Morgan fingerprint density at radius 2 is 2.33 bits per heavy atom. The van der Waals surface area contributed by atoms with Crippen LogP contribution in [0, 0.1) is 0 Å². The minimum Gasteiger partial charge on any atom is -0.393 e. The summed E-state index contributed by atoms with van der Waals surface area (Å²) in [6.07, 6.45) is -3.18. The Balaban J connectivity index is 2.42. The van der Waals surface area contributed by atoms with E-state index in [2.05, 4.69) is 0 Å². The predicted octanol–water partition coefficient (Wildman–Crippen LogP) is -2.46. The van der Waals surface area contributed by atoms with Crippen molar-refractivity contribution in [3.63, 3.8) is 0 Å². The molecule has 0 radical (unpaired) electrons. The highest BCUT2D eigenvalue weighted by Crippen LogP contribution is 2.35. The summed E-state index contributed by atoms with van der Waals surface area (Å²) in [6.45, 7) is -1.17. The predicted molar refractivity (Wildman–Crippen MR) is 58.9 cm³/mol. The molecule has 2 rings (SSSR count). The molecule has 1 saturated heterocycles. The second-order valence-corrected chi connectivity index (χ2v) is 4.18. The van der Waals surface area contributed by atoms with E-state index in [-0.39, 0.29) is 0 Å². The van der Waals surface area contributed by atoms with Crippen molar-refractivity contribution in [1.82, 2.24) is 9.55 Å². The third-order valence-corrected chi connectivity index (χ3v) is 2.90. The smallest absolute Gasteiger partial charge is 0.330 e. The first-order valence-electron chi connectivity index (χ1n) is 5.91. The van der Waals surface area contributed by atoms with E-state index in [0.717, 1.165) is 16.8 Å². The lowest BCUT2D eigenvalue weighted by Gasteiger charge is -2.24. The van der Waals surface area contributed by atoms with Crippen molar-refractivity contribution in [2.75, 3.05) is 6.61 Å². The highest BCUT2D eigenvalue weighted by atomic mass is 16.6. The number of hydrogen-bond acceptors (Lipinski definition) is 6. The number of H-pyrrole nitrogens is 1. The zero-order valence-electron chi connectivity index (χ0n) is 10.3. The standard InChI is InChI=1S/C10H14N2O6/c1-10(4-13)7(16)6(15)8(18-10)12-3-2-5(14)11-9(12)17/h2-3,6-8,13,15-16H,4H2,1H3,(H,11,14,17)/t6-,7+,8-,10-/m1/s1/i1D. The van der Waals surface area contributed by atoms with Crippen LogP contribution in [0.5, 0.6) is 0 Å². The van der Waals surface area contributed by atoms with Crippen molar-refractivity contribution >= 4 is 0 Å². The summed E-state index contributed by atoms with van der Waals surface area (Å²) in [5, 5.41) is 28.9. The fourth-order valence-corrected chi connectivity index (χ4v) is 1.83. The normalized spacial score (nSPS) is 36.6. The van der Waals surface area contributed by atoms with Gasteiger partial charge in [0.05, 0.1) is 6.61 Å². The lowest BCUT2D eigenvalue weighted by Crippen LogP contribution is -2.43. The van der Waals surface area contributed by atoms with Gasteiger partial charge in [0.15, 0.2) is 6.23 Å². The molecule has 0 aromatic carbocycles. The van der Waals surface area contributed by atoms with Crippen molar-refractivity contribution < 1.29 is 21.4 Å². The molecule has 1 fully saturated rings. The van der Waals surface area contributed by atoms with Crippen LogP contribution in [0.3, 0.4) is 0 Å². The van der Waals surface area contributed by atoms with Gasteiger partial charge in [-0.3, -0.25) is 14.3 Å². The minimum atomic E-state index is -1.65. The van der Waals surface area contributed by atoms with Gasteiger partial charge in [0.1, 0.15) is 17.8 Å². The number of nitrogens with one attached hydrogen (secondary N) is 1. The van der Waals surface area contributed by atoms with E-state index in [0.29, 0.717) is 0 Å². The van der Waals surface area contributed by atoms with E-state index in [4.69, 9.17) is 6.11 Å². The van der Waals surface area contributed by atoms with Crippen LogP contribution < -0.4 is 11.2 Å². The van der Waals surface area contributed by atoms with E-state index < -0.39 is 48.8 Å². The third kappa shape index (κ3) is 1.89. The summed E-state index contributed by atoms with van der Waals surface area (Å²) in [5.41, 5.74) is -3.08. The van der Waals surface area contributed by atoms with Gasteiger partial charge in [-0.2, -0.15) is 0 Å². The molecular weight excluding hydrogens is 244 g/mol. The minimum absolute atomic E-state index is 0.490. The van der Waals surface area contributed by atoms with Gasteiger partial charge in [0.25, 0.3) is 5.56 Å². The summed E-state index contributed by atoms with van der Waals surface area (Å²) >= 11 is 0. The summed E-state index contributed by atoms with van der Waals surface area (Å²) in [5.74, 6) is 0. The quantitative estimate of drug-likeness (QED) is 0.467. The van der Waals surface area contributed by atoms with E-state index in [1.165, 1.54) is 0 Å². The second-order valence-electron chi connectivity index (χ2n) is 4.18. The Kier molecular flexibility index (Phi) is 2.78. The van der Waals surface area contributed by atoms with Gasteiger partial charge in [-0.1, -0.05) is 0 Å². The molecule has 4 N–H and O–H groups in total. The molecule has 0 unspecified atom stereocenters. The van der Waals surface area contributed by atoms with E-state index in [1.54, 1.807) is 0 Å². The average molecular weight is 259 g/mol. The zero-order valence-corrected chi connectivity index (χ0v) is 9.31. The first kappa shape index (κ1) is 11.6. The van der Waals surface area contributed by atoms with Gasteiger partial charge >= 0.3 is 5.69 Å². The van der Waals surface area contributed by atoms with Crippen LogP contribution in [0.15, 0.2) is 21.9 Å². The van der Waals surface area contributed by atoms with Crippen LogP contribution in [0.25, 0.3) is 0 Å². The summed E-state index contributed by atoms with van der Waals surface area (Å²) < 4.78 is 13.5. The molecule has 0 saturated carbocycles. The molecule has 1 aliphatic rings. The Morgan fingerprint density at radius 1 is 1.61 bits per heavy atom. The lowest BCUT2D eigenvalue weighted by atomic mass is 9.99. The lowest BCUT2D eigenvalue weighted by molar-refractivity contribution is -0.117. The van der Waals surface area contributed by atoms with Gasteiger partial charge in [-0.05, 0) is 6.90 Å². The Bertz CT molecular complexity index is 566. The van der Waals surface area contributed by atoms with Crippen molar-refractivity contribution in [3.8, 4) is 0 Å². The molecule has 18 heavy (non-hydrogen) atoms. The van der Waals surface area contributed by atoms with Gasteiger partial charge in [0, 0.05) is 13.6 Å². The number of aromatic amines is 1. The van der Waals surface area contributed by atoms with Gasteiger partial charge in [0.2, 0.25) is 0 Å². The molecule has 2 heterocycles. The SMILES string of the molecule is [2H]C[C@]1(CO)O[C@@H](n2ccc(=O)[nH]c2=O)[C@H](O)[C@@H]1O. The Hall–Kier alpha value is -1.48. The maximum Gasteiger partial charge on any atom is 0.330 e. The van der Waals surface area contributed by atoms with E-state index in [9.17, 15) is 24.9 Å². The number of aliphatic hydroxyl groups is 3. The molecule has 8 heteroatoms. The molecule has 100 valence electrons. The topological polar surface area (TPSA) is 125 Å². The monoisotopic (exact) mass is 259 g/mol. The first-order valence-corrected chi connectivity index (χ1v) is 5.21.